The summed E-state index contributed by atoms with van der Waals surface area (Å²) in [5, 5.41) is 3.49. The third-order valence-corrected chi connectivity index (χ3v) is 5.56. The lowest BCUT2D eigenvalue weighted by molar-refractivity contribution is -0.140. The molecule has 0 spiro atoms. The molecule has 0 saturated heterocycles. The molecule has 0 bridgehead atoms. The quantitative estimate of drug-likeness (QED) is 0.0913. The van der Waals surface area contributed by atoms with Gasteiger partial charge in [-0.05, 0) is 55.5 Å². The Bertz CT molecular complexity index is 803. The average Bonchev–Trinajstić information content (AvgIpc) is 2.67. The molecule has 0 aliphatic rings. The second-order valence-electron chi connectivity index (χ2n) is 5.26. The molecule has 1 rings (SSSR count). The van der Waals surface area contributed by atoms with E-state index in [1.807, 2.05) is 24.3 Å². The average molecular weight is 420 g/mol. The molecule has 142 valence electrons. The minimum Gasteiger partial charge on any atom is -0.318 e. The van der Waals surface area contributed by atoms with Gasteiger partial charge in [-0.3, -0.25) is 4.79 Å². The third-order valence-electron chi connectivity index (χ3n) is 3.04. The zero-order chi connectivity index (χ0) is 20.2. The minimum absolute atomic E-state index is 0.0940. The predicted octanol–water partition coefficient (Wildman–Crippen LogP) is 4.77. The zero-order valence-electron chi connectivity index (χ0n) is 15.4. The summed E-state index contributed by atoms with van der Waals surface area (Å²) < 4.78 is 0. The summed E-state index contributed by atoms with van der Waals surface area (Å²) in [5.41, 5.74) is 0.534. The van der Waals surface area contributed by atoms with Crippen LogP contribution < -0.4 is 0 Å². The Labute approximate surface area is 174 Å². The number of hydrogen-bond donors (Lipinski definition) is 1. The van der Waals surface area contributed by atoms with E-state index in [1.54, 1.807) is 30.8 Å². The number of Topliss-reactive ketones (excluding diaryl/α,β-unsaturated/α-hetero) is 1. The maximum Gasteiger partial charge on any atom is 0.331 e. The van der Waals surface area contributed by atoms with Crippen LogP contribution in [0, 0.1) is 12.3 Å². The second kappa shape index (κ2) is 12.5. The van der Waals surface area contributed by atoms with Crippen LogP contribution in [0.15, 0.2) is 61.8 Å². The van der Waals surface area contributed by atoms with Crippen LogP contribution in [0.1, 0.15) is 20.8 Å². The number of nitrogens with zero attached hydrogens (tertiary/aromatic N) is 1. The number of thiol groups is 1. The fourth-order valence-corrected chi connectivity index (χ4v) is 3.39. The van der Waals surface area contributed by atoms with E-state index < -0.39 is 5.97 Å². The summed E-state index contributed by atoms with van der Waals surface area (Å²) in [6.07, 6.45) is 8.91. The maximum atomic E-state index is 12.2. The first-order chi connectivity index (χ1) is 12.9. The normalized spacial score (nSPS) is 12.5. The van der Waals surface area contributed by atoms with Crippen LogP contribution >= 0.6 is 36.2 Å². The summed E-state index contributed by atoms with van der Waals surface area (Å²) in [6, 6.07) is 8.11. The fraction of sp³-hybridized carbons (Fsp3) is 0.250. The van der Waals surface area contributed by atoms with Crippen molar-refractivity contribution in [3.63, 3.8) is 0 Å². The molecule has 0 N–H and O–H groups in total. The molecule has 27 heavy (non-hydrogen) atoms. The van der Waals surface area contributed by atoms with Gasteiger partial charge in [-0.1, -0.05) is 28.9 Å². The van der Waals surface area contributed by atoms with Crippen LogP contribution in [0.5, 0.6) is 0 Å². The van der Waals surface area contributed by atoms with Crippen molar-refractivity contribution in [2.24, 2.45) is 5.16 Å². The van der Waals surface area contributed by atoms with Crippen molar-refractivity contribution < 1.29 is 14.4 Å². The number of allylic oxidation sites excluding steroid dienone is 4. The summed E-state index contributed by atoms with van der Waals surface area (Å²) >= 11 is 7.40. The van der Waals surface area contributed by atoms with Gasteiger partial charge in [0.05, 0.1) is 4.91 Å². The molecule has 0 aliphatic carbocycles. The number of thioether (sulfide) groups is 2. The minimum atomic E-state index is -0.579. The van der Waals surface area contributed by atoms with Crippen LogP contribution in [0.3, 0.4) is 0 Å². The zero-order valence-corrected chi connectivity index (χ0v) is 17.9. The van der Waals surface area contributed by atoms with Gasteiger partial charge >= 0.3 is 5.97 Å². The highest BCUT2D eigenvalue weighted by Gasteiger charge is 2.09. The molecular formula is C20H21NO3S3. The number of rotatable bonds is 9. The van der Waals surface area contributed by atoms with Crippen LogP contribution in [0.2, 0.25) is 0 Å². The van der Waals surface area contributed by atoms with E-state index >= 15 is 0 Å². The molecule has 4 nitrogen and oxygen atoms in total. The molecule has 0 radical (unpaired) electrons. The van der Waals surface area contributed by atoms with Crippen LogP contribution in [0.4, 0.5) is 0 Å². The highest BCUT2D eigenvalue weighted by molar-refractivity contribution is 8.03. The van der Waals surface area contributed by atoms with E-state index in [-0.39, 0.29) is 11.5 Å². The van der Waals surface area contributed by atoms with Crippen molar-refractivity contribution in [1.29, 1.82) is 0 Å². The standard InChI is InChI=1S/C20H21NO3S3/c1-5-17(27-19-10-8-18(9-11-19)26-13-12-25)7-6-14(2)20(23)15(3)21-24-16(4)22/h1,6-11,25H,12-13H2,2-4H3/b14-6+,17-7+,21-15+. The molecule has 1 aromatic rings. The Kier molecular flexibility index (Phi) is 10.7. The topological polar surface area (TPSA) is 55.7 Å². The number of carbonyl (C=O) groups is 2. The van der Waals surface area contributed by atoms with Gasteiger partial charge in [0.2, 0.25) is 5.78 Å². The van der Waals surface area contributed by atoms with Gasteiger partial charge in [-0.2, -0.15) is 12.6 Å². The summed E-state index contributed by atoms with van der Waals surface area (Å²) in [5.74, 6) is 3.51. The summed E-state index contributed by atoms with van der Waals surface area (Å²) in [7, 11) is 0. The van der Waals surface area contributed by atoms with E-state index in [2.05, 4.69) is 28.5 Å². The first-order valence-corrected chi connectivity index (χ1v) is 10.4. The molecule has 0 heterocycles. The van der Waals surface area contributed by atoms with Crippen molar-refractivity contribution in [1.82, 2.24) is 0 Å². The highest BCUT2D eigenvalue weighted by atomic mass is 32.2. The van der Waals surface area contributed by atoms with Crippen LogP contribution in [-0.2, 0) is 14.4 Å². The Morgan fingerprint density at radius 3 is 2.37 bits per heavy atom. The molecule has 0 fully saturated rings. The van der Waals surface area contributed by atoms with Crippen LogP contribution in [0.25, 0.3) is 0 Å². The van der Waals surface area contributed by atoms with Crippen molar-refractivity contribution in [2.45, 2.75) is 30.6 Å². The van der Waals surface area contributed by atoms with Crippen molar-refractivity contribution >= 4 is 53.6 Å². The van der Waals surface area contributed by atoms with Crippen molar-refractivity contribution in [3.8, 4) is 12.3 Å². The number of ketones is 1. The Hall–Kier alpha value is -1.88. The van der Waals surface area contributed by atoms with Gasteiger partial charge in [-0.15, -0.1) is 18.2 Å². The molecule has 0 aromatic heterocycles. The highest BCUT2D eigenvalue weighted by Crippen LogP contribution is 2.28. The SMILES string of the molecule is C#C/C(=C\C=C(/C)C(=O)/C(C)=N/OC(C)=O)Sc1ccc(SCCS)cc1. The second-order valence-corrected chi connectivity index (χ2v) is 7.99. The molecular weight excluding hydrogens is 398 g/mol. The molecule has 0 unspecified atom stereocenters. The fourth-order valence-electron chi connectivity index (χ4n) is 1.74. The predicted molar refractivity (Wildman–Crippen MR) is 117 cm³/mol. The first kappa shape index (κ1) is 23.2. The third kappa shape index (κ3) is 9.05. The van der Waals surface area contributed by atoms with E-state index in [0.717, 1.165) is 16.4 Å². The molecule has 0 aliphatic heterocycles. The van der Waals surface area contributed by atoms with Gasteiger partial charge < -0.3 is 4.84 Å². The molecule has 0 atom stereocenters. The largest absolute Gasteiger partial charge is 0.331 e. The van der Waals surface area contributed by atoms with Crippen LogP contribution in [-0.4, -0.2) is 29.0 Å². The van der Waals surface area contributed by atoms with Gasteiger partial charge in [0.25, 0.3) is 0 Å². The first-order valence-electron chi connectivity index (χ1n) is 8.01. The molecule has 0 saturated carbocycles. The van der Waals surface area contributed by atoms with Gasteiger partial charge in [0.1, 0.15) is 5.71 Å². The Balaban J connectivity index is 2.80. The van der Waals surface area contributed by atoms with Crippen molar-refractivity contribution in [3.05, 3.63) is 46.9 Å². The van der Waals surface area contributed by atoms with Crippen molar-refractivity contribution in [2.75, 3.05) is 11.5 Å². The number of hydrogen-bond acceptors (Lipinski definition) is 7. The molecule has 0 amide bonds. The number of benzene rings is 1. The van der Waals surface area contributed by atoms with Gasteiger partial charge in [-0.25, -0.2) is 4.79 Å². The smallest absolute Gasteiger partial charge is 0.318 e. The van der Waals surface area contributed by atoms with Gasteiger partial charge in [0.15, 0.2) is 0 Å². The van der Waals surface area contributed by atoms with E-state index in [0.29, 0.717) is 10.5 Å². The number of terminal acetylenes is 1. The Morgan fingerprint density at radius 1 is 1.19 bits per heavy atom. The van der Waals surface area contributed by atoms with Gasteiger partial charge in [0, 0.05) is 22.5 Å². The molecule has 1 aromatic carbocycles. The van der Waals surface area contributed by atoms with E-state index in [9.17, 15) is 9.59 Å². The van der Waals surface area contributed by atoms with E-state index in [4.69, 9.17) is 6.42 Å². The summed E-state index contributed by atoms with van der Waals surface area (Å²) in [6.45, 7) is 4.35. The lowest BCUT2D eigenvalue weighted by atomic mass is 10.1. The van der Waals surface area contributed by atoms with E-state index in [1.165, 1.54) is 30.5 Å². The molecule has 7 heteroatoms. The lowest BCUT2D eigenvalue weighted by Gasteiger charge is -2.03. The number of carbonyl (C=O) groups excluding carboxylic acids is 2. The lowest BCUT2D eigenvalue weighted by Crippen LogP contribution is -2.12. The monoisotopic (exact) mass is 419 g/mol. The number of oxime groups is 1. The maximum absolute atomic E-state index is 12.2. The summed E-state index contributed by atoms with van der Waals surface area (Å²) in [4.78, 5) is 30.2. The Morgan fingerprint density at radius 2 is 1.81 bits per heavy atom.